The molecular formula is C22H31N3O. The number of aromatic nitrogens is 3. The van der Waals surface area contributed by atoms with E-state index in [4.69, 9.17) is 14.8 Å². The molecule has 140 valence electrons. The Bertz CT molecular complexity index is 743. The molecular weight excluding hydrogens is 322 g/mol. The highest BCUT2D eigenvalue weighted by Crippen LogP contribution is 2.41. The normalized spacial score (nSPS) is 23.8. The van der Waals surface area contributed by atoms with Crippen LogP contribution in [0.25, 0.3) is 5.69 Å². The average molecular weight is 354 g/mol. The smallest absolute Gasteiger partial charge is 0.161 e. The first-order valence-corrected chi connectivity index (χ1v) is 10.2. The topological polar surface area (TPSA) is 39.9 Å². The van der Waals surface area contributed by atoms with E-state index in [1.165, 1.54) is 24.8 Å². The molecule has 0 N–H and O–H groups in total. The Labute approximate surface area is 157 Å². The zero-order chi connectivity index (χ0) is 18.3. The Morgan fingerprint density at radius 2 is 1.77 bits per heavy atom. The first-order valence-electron chi connectivity index (χ1n) is 10.2. The van der Waals surface area contributed by atoms with Gasteiger partial charge in [-0.05, 0) is 54.7 Å². The molecule has 0 bridgehead atoms. The summed E-state index contributed by atoms with van der Waals surface area (Å²) >= 11 is 0. The van der Waals surface area contributed by atoms with Crippen molar-refractivity contribution in [3.8, 4) is 5.69 Å². The Hall–Kier alpha value is -1.68. The van der Waals surface area contributed by atoms with Crippen molar-refractivity contribution in [2.24, 2.45) is 11.8 Å². The van der Waals surface area contributed by atoms with Crippen LogP contribution in [0.3, 0.4) is 0 Å². The Kier molecular flexibility index (Phi) is 4.87. The lowest BCUT2D eigenvalue weighted by Crippen LogP contribution is -2.18. The van der Waals surface area contributed by atoms with E-state index in [0.717, 1.165) is 30.4 Å². The van der Waals surface area contributed by atoms with E-state index >= 15 is 0 Å². The Morgan fingerprint density at radius 1 is 1.04 bits per heavy atom. The first kappa shape index (κ1) is 17.7. The van der Waals surface area contributed by atoms with Crippen molar-refractivity contribution < 1.29 is 4.74 Å². The van der Waals surface area contributed by atoms with Crippen molar-refractivity contribution >= 4 is 0 Å². The molecule has 2 aromatic rings. The number of benzene rings is 1. The number of ether oxygens (including phenoxy) is 1. The van der Waals surface area contributed by atoms with Gasteiger partial charge in [0.15, 0.2) is 11.6 Å². The molecule has 4 rings (SSSR count). The van der Waals surface area contributed by atoms with Crippen molar-refractivity contribution in [3.63, 3.8) is 0 Å². The van der Waals surface area contributed by atoms with Gasteiger partial charge in [-0.25, -0.2) is 9.67 Å². The molecule has 2 aliphatic rings. The predicted octanol–water partition coefficient (Wildman–Crippen LogP) is 5.39. The molecule has 4 nitrogen and oxygen atoms in total. The highest BCUT2D eigenvalue weighted by atomic mass is 16.5. The molecule has 1 aromatic carbocycles. The maximum atomic E-state index is 6.16. The molecule has 4 heteroatoms. The van der Waals surface area contributed by atoms with Gasteiger partial charge >= 0.3 is 0 Å². The molecule has 26 heavy (non-hydrogen) atoms. The van der Waals surface area contributed by atoms with Gasteiger partial charge in [-0.15, -0.1) is 0 Å². The van der Waals surface area contributed by atoms with Gasteiger partial charge in [0.25, 0.3) is 0 Å². The van der Waals surface area contributed by atoms with Crippen LogP contribution in [0.15, 0.2) is 24.3 Å². The van der Waals surface area contributed by atoms with Crippen LogP contribution in [0.5, 0.6) is 0 Å². The van der Waals surface area contributed by atoms with E-state index in [1.54, 1.807) is 0 Å². The number of nitrogens with zero attached hydrogens (tertiary/aromatic N) is 3. The van der Waals surface area contributed by atoms with Crippen LogP contribution in [-0.2, 0) is 4.74 Å². The van der Waals surface area contributed by atoms with Crippen LogP contribution in [0.2, 0.25) is 0 Å². The lowest BCUT2D eigenvalue weighted by Gasteiger charge is -2.22. The second kappa shape index (κ2) is 7.15. The second-order valence-electron chi connectivity index (χ2n) is 8.60. The van der Waals surface area contributed by atoms with Gasteiger partial charge in [0.05, 0.1) is 5.69 Å². The molecule has 0 unspecified atom stereocenters. The molecule has 1 saturated heterocycles. The summed E-state index contributed by atoms with van der Waals surface area (Å²) < 4.78 is 8.22. The maximum Gasteiger partial charge on any atom is 0.161 e. The monoisotopic (exact) mass is 353 g/mol. The van der Waals surface area contributed by atoms with E-state index in [1.807, 2.05) is 0 Å². The summed E-state index contributed by atoms with van der Waals surface area (Å²) in [6, 6.07) is 8.78. The number of rotatable bonds is 5. The third-order valence-corrected chi connectivity index (χ3v) is 6.17. The molecule has 1 aliphatic carbocycles. The molecule has 2 heterocycles. The summed E-state index contributed by atoms with van der Waals surface area (Å²) in [5.41, 5.74) is 2.45. The molecule has 2 fully saturated rings. The van der Waals surface area contributed by atoms with E-state index in [0.29, 0.717) is 23.7 Å². The van der Waals surface area contributed by atoms with Crippen LogP contribution < -0.4 is 0 Å². The highest BCUT2D eigenvalue weighted by molar-refractivity contribution is 5.36. The zero-order valence-corrected chi connectivity index (χ0v) is 16.5. The maximum absolute atomic E-state index is 6.16. The minimum atomic E-state index is 0.0566. The van der Waals surface area contributed by atoms with E-state index in [9.17, 15) is 0 Å². The summed E-state index contributed by atoms with van der Waals surface area (Å²) in [6.45, 7) is 9.86. The Morgan fingerprint density at radius 3 is 2.35 bits per heavy atom. The molecule has 1 saturated carbocycles. The highest BCUT2D eigenvalue weighted by Gasteiger charge is 2.37. The Balaban J connectivity index is 1.73. The fourth-order valence-electron chi connectivity index (χ4n) is 4.11. The first-order chi connectivity index (χ1) is 12.5. The van der Waals surface area contributed by atoms with Gasteiger partial charge in [0.2, 0.25) is 0 Å². The van der Waals surface area contributed by atoms with Crippen LogP contribution in [0.1, 0.15) is 88.5 Å². The lowest BCUT2D eigenvalue weighted by atomic mass is 9.85. The van der Waals surface area contributed by atoms with Gasteiger partial charge < -0.3 is 4.74 Å². The van der Waals surface area contributed by atoms with Crippen LogP contribution >= 0.6 is 0 Å². The van der Waals surface area contributed by atoms with E-state index in [-0.39, 0.29) is 6.10 Å². The van der Waals surface area contributed by atoms with Crippen molar-refractivity contribution in [2.45, 2.75) is 71.3 Å². The fraction of sp³-hybridized carbons (Fsp3) is 0.636. The quantitative estimate of drug-likeness (QED) is 0.723. The predicted molar refractivity (Wildman–Crippen MR) is 104 cm³/mol. The number of hydrogen-bond donors (Lipinski definition) is 0. The summed E-state index contributed by atoms with van der Waals surface area (Å²) in [5, 5.41) is 4.94. The minimum Gasteiger partial charge on any atom is -0.370 e. The van der Waals surface area contributed by atoms with Gasteiger partial charge in [0, 0.05) is 12.5 Å². The molecule has 1 aliphatic heterocycles. The number of hydrogen-bond acceptors (Lipinski definition) is 3. The van der Waals surface area contributed by atoms with Crippen molar-refractivity contribution in [3.05, 3.63) is 41.5 Å². The third-order valence-electron chi connectivity index (χ3n) is 6.17. The van der Waals surface area contributed by atoms with Gasteiger partial charge in [0.1, 0.15) is 6.10 Å². The minimum absolute atomic E-state index is 0.0566. The summed E-state index contributed by atoms with van der Waals surface area (Å²) in [4.78, 5) is 5.01. The molecule has 0 radical (unpaired) electrons. The molecule has 0 spiro atoms. The third kappa shape index (κ3) is 3.20. The lowest BCUT2D eigenvalue weighted by molar-refractivity contribution is 0.0704. The average Bonchev–Trinajstić information content (AvgIpc) is 3.19. The largest absolute Gasteiger partial charge is 0.370 e. The molecule has 1 aromatic heterocycles. The van der Waals surface area contributed by atoms with Crippen molar-refractivity contribution in [1.29, 1.82) is 0 Å². The standard InChI is InChI=1S/C22H31N3O/c1-14(2)16-8-10-18(11-9-16)25-22(20-19(15(3)4)12-13-26-20)23-21(24-25)17-6-5-7-17/h8-11,14-15,17,19-20H,5-7,12-13H2,1-4H3/t19-,20-/m0/s1. The van der Waals surface area contributed by atoms with Gasteiger partial charge in [-0.2, -0.15) is 5.10 Å². The fourth-order valence-corrected chi connectivity index (χ4v) is 4.11. The molecule has 2 atom stereocenters. The van der Waals surface area contributed by atoms with Crippen molar-refractivity contribution in [2.75, 3.05) is 6.61 Å². The van der Waals surface area contributed by atoms with Crippen LogP contribution in [-0.4, -0.2) is 21.4 Å². The van der Waals surface area contributed by atoms with Crippen LogP contribution in [0.4, 0.5) is 0 Å². The second-order valence-corrected chi connectivity index (χ2v) is 8.60. The summed E-state index contributed by atoms with van der Waals surface area (Å²) in [5.74, 6) is 4.18. The summed E-state index contributed by atoms with van der Waals surface area (Å²) in [6.07, 6.45) is 4.90. The zero-order valence-electron chi connectivity index (χ0n) is 16.5. The van der Waals surface area contributed by atoms with Crippen LogP contribution in [0, 0.1) is 11.8 Å². The summed E-state index contributed by atoms with van der Waals surface area (Å²) in [7, 11) is 0. The van der Waals surface area contributed by atoms with E-state index in [2.05, 4.69) is 56.6 Å². The SMILES string of the molecule is CC(C)c1ccc(-n2nc(C3CCC3)nc2[C@H]2OCC[C@H]2C(C)C)cc1. The van der Waals surface area contributed by atoms with Gasteiger partial charge in [-0.3, -0.25) is 0 Å². The van der Waals surface area contributed by atoms with Gasteiger partial charge in [-0.1, -0.05) is 46.2 Å². The van der Waals surface area contributed by atoms with E-state index < -0.39 is 0 Å². The van der Waals surface area contributed by atoms with Crippen molar-refractivity contribution in [1.82, 2.24) is 14.8 Å². The molecule has 0 amide bonds.